The highest BCUT2D eigenvalue weighted by Crippen LogP contribution is 2.30. The Labute approximate surface area is 206 Å². The van der Waals surface area contributed by atoms with E-state index in [-0.39, 0.29) is 18.4 Å². The van der Waals surface area contributed by atoms with Gasteiger partial charge in [-0.15, -0.1) is 0 Å². The quantitative estimate of drug-likeness (QED) is 0.440. The van der Waals surface area contributed by atoms with Gasteiger partial charge in [-0.05, 0) is 49.8 Å². The smallest absolute Gasteiger partial charge is 0.323 e. The molecular formula is C26H36N4O5. The molecule has 2 heterocycles. The highest BCUT2D eigenvalue weighted by Gasteiger charge is 2.29. The van der Waals surface area contributed by atoms with Crippen LogP contribution in [0.4, 0.5) is 5.69 Å². The summed E-state index contributed by atoms with van der Waals surface area (Å²) in [4.78, 5) is 43.4. The molecule has 1 saturated heterocycles. The number of hydrogen-bond donors (Lipinski definition) is 2. The Hall–Kier alpha value is -3.10. The number of benzene rings is 1. The second-order valence-electron chi connectivity index (χ2n) is 9.81. The summed E-state index contributed by atoms with van der Waals surface area (Å²) in [6, 6.07) is 5.80. The summed E-state index contributed by atoms with van der Waals surface area (Å²) in [6.45, 7) is 1.95. The van der Waals surface area contributed by atoms with Gasteiger partial charge in [-0.2, -0.15) is 0 Å². The van der Waals surface area contributed by atoms with Crippen molar-refractivity contribution in [1.82, 2.24) is 15.1 Å². The van der Waals surface area contributed by atoms with Crippen molar-refractivity contribution in [2.75, 3.05) is 26.2 Å². The van der Waals surface area contributed by atoms with Crippen LogP contribution in [0.25, 0.3) is 0 Å². The molecule has 1 aliphatic carbocycles. The minimum absolute atomic E-state index is 0.0338. The summed E-state index contributed by atoms with van der Waals surface area (Å²) >= 11 is 0. The van der Waals surface area contributed by atoms with Crippen LogP contribution in [0.15, 0.2) is 23.2 Å². The van der Waals surface area contributed by atoms with Gasteiger partial charge < -0.3 is 19.6 Å². The molecule has 0 radical (unpaired) electrons. The number of aliphatic imine (C=N–C) groups is 1. The van der Waals surface area contributed by atoms with Gasteiger partial charge in [0.1, 0.15) is 18.8 Å². The number of amides is 2. The van der Waals surface area contributed by atoms with E-state index in [9.17, 15) is 19.5 Å². The van der Waals surface area contributed by atoms with E-state index in [0.29, 0.717) is 44.5 Å². The molecule has 0 unspecified atom stereocenters. The van der Waals surface area contributed by atoms with Gasteiger partial charge in [0, 0.05) is 25.1 Å². The molecule has 0 bridgehead atoms. The van der Waals surface area contributed by atoms with Crippen LogP contribution in [0.2, 0.25) is 0 Å². The van der Waals surface area contributed by atoms with E-state index in [1.165, 1.54) is 19.3 Å². The highest BCUT2D eigenvalue weighted by molar-refractivity contribution is 6.05. The third-order valence-corrected chi connectivity index (χ3v) is 6.96. The SMILES string of the molecule is O=C(O)CN(CC1CCCCC1)C(=O)CCCCCCOc1ccc2c(c1)CN1CC(=O)NC1=N2. The third kappa shape index (κ3) is 7.19. The molecule has 2 aliphatic heterocycles. The fourth-order valence-corrected chi connectivity index (χ4v) is 5.11. The number of ether oxygens (including phenoxy) is 1. The Morgan fingerprint density at radius 3 is 2.71 bits per heavy atom. The van der Waals surface area contributed by atoms with E-state index < -0.39 is 5.97 Å². The van der Waals surface area contributed by atoms with Gasteiger partial charge in [0.2, 0.25) is 17.8 Å². The molecule has 2 fully saturated rings. The molecule has 35 heavy (non-hydrogen) atoms. The number of fused-ring (bicyclic) bond motifs is 2. The Morgan fingerprint density at radius 1 is 1.11 bits per heavy atom. The minimum atomic E-state index is -0.939. The zero-order chi connectivity index (χ0) is 24.6. The van der Waals surface area contributed by atoms with Crippen LogP contribution < -0.4 is 10.1 Å². The lowest BCUT2D eigenvalue weighted by Gasteiger charge is -2.29. The van der Waals surface area contributed by atoms with Crippen LogP contribution in [0.5, 0.6) is 5.75 Å². The van der Waals surface area contributed by atoms with Crippen LogP contribution in [0.3, 0.4) is 0 Å². The number of guanidine groups is 1. The van der Waals surface area contributed by atoms with Gasteiger partial charge in [0.05, 0.1) is 12.3 Å². The molecule has 1 saturated carbocycles. The zero-order valence-corrected chi connectivity index (χ0v) is 20.3. The number of carboxylic acids is 1. The number of aliphatic carboxylic acids is 1. The van der Waals surface area contributed by atoms with Crippen molar-refractivity contribution in [3.8, 4) is 5.75 Å². The fourth-order valence-electron chi connectivity index (χ4n) is 5.11. The first-order valence-electron chi connectivity index (χ1n) is 12.9. The molecule has 0 atom stereocenters. The first kappa shape index (κ1) is 25.0. The minimum Gasteiger partial charge on any atom is -0.494 e. The first-order chi connectivity index (χ1) is 17.0. The summed E-state index contributed by atoms with van der Waals surface area (Å²) in [6.07, 6.45) is 9.72. The lowest BCUT2D eigenvalue weighted by molar-refractivity contribution is -0.145. The van der Waals surface area contributed by atoms with Gasteiger partial charge in [-0.25, -0.2) is 4.99 Å². The predicted octanol–water partition coefficient (Wildman–Crippen LogP) is 3.44. The highest BCUT2D eigenvalue weighted by atomic mass is 16.5. The Morgan fingerprint density at radius 2 is 1.91 bits per heavy atom. The van der Waals surface area contributed by atoms with Gasteiger partial charge >= 0.3 is 5.97 Å². The van der Waals surface area contributed by atoms with E-state index in [1.807, 2.05) is 23.1 Å². The van der Waals surface area contributed by atoms with E-state index in [2.05, 4.69) is 10.3 Å². The number of nitrogens with one attached hydrogen (secondary N) is 1. The van der Waals surface area contributed by atoms with Crippen molar-refractivity contribution >= 4 is 29.4 Å². The summed E-state index contributed by atoms with van der Waals surface area (Å²) < 4.78 is 5.91. The maximum Gasteiger partial charge on any atom is 0.323 e. The summed E-state index contributed by atoms with van der Waals surface area (Å²) in [5.41, 5.74) is 1.90. The number of unbranched alkanes of at least 4 members (excludes halogenated alkanes) is 3. The number of nitrogens with zero attached hydrogens (tertiary/aromatic N) is 3. The predicted molar refractivity (Wildman–Crippen MR) is 131 cm³/mol. The molecule has 190 valence electrons. The maximum absolute atomic E-state index is 12.6. The summed E-state index contributed by atoms with van der Waals surface area (Å²) in [7, 11) is 0. The van der Waals surface area contributed by atoms with E-state index in [4.69, 9.17) is 4.74 Å². The number of rotatable bonds is 12. The van der Waals surface area contributed by atoms with Gasteiger partial charge in [0.15, 0.2) is 0 Å². The van der Waals surface area contributed by atoms with Gasteiger partial charge in [0.25, 0.3) is 0 Å². The number of carboxylic acid groups (broad SMARTS) is 1. The molecule has 0 aromatic heterocycles. The Bertz CT molecular complexity index is 957. The Balaban J connectivity index is 1.12. The lowest BCUT2D eigenvalue weighted by Crippen LogP contribution is -2.39. The first-order valence-corrected chi connectivity index (χ1v) is 12.9. The summed E-state index contributed by atoms with van der Waals surface area (Å²) in [5, 5.41) is 12.0. The average Bonchev–Trinajstić information content (AvgIpc) is 3.20. The average molecular weight is 485 g/mol. The molecule has 9 nitrogen and oxygen atoms in total. The monoisotopic (exact) mass is 484 g/mol. The van der Waals surface area contributed by atoms with Crippen LogP contribution in [-0.2, 0) is 20.9 Å². The molecule has 2 amide bonds. The molecule has 2 N–H and O–H groups in total. The normalized spacial score (nSPS) is 17.3. The molecule has 0 spiro atoms. The van der Waals surface area contributed by atoms with Gasteiger partial charge in [-0.1, -0.05) is 32.1 Å². The Kier molecular flexibility index (Phi) is 8.60. The van der Waals surface area contributed by atoms with E-state index in [0.717, 1.165) is 55.5 Å². The second-order valence-corrected chi connectivity index (χ2v) is 9.81. The molecule has 1 aromatic rings. The molecular weight excluding hydrogens is 448 g/mol. The standard InChI is InChI=1S/C26H36N4O5/c31-23-17-30-16-20-14-21(11-12-22(20)27-26(30)28-23)35-13-7-2-1-6-10-24(32)29(18-25(33)34)15-19-8-4-3-5-9-19/h11-12,14,19H,1-10,13,15-18H2,(H,33,34)(H,27,28,31). The van der Waals surface area contributed by atoms with Crippen molar-refractivity contribution in [2.24, 2.45) is 10.9 Å². The van der Waals surface area contributed by atoms with Crippen molar-refractivity contribution in [3.63, 3.8) is 0 Å². The topological polar surface area (TPSA) is 112 Å². The van der Waals surface area contributed by atoms with Gasteiger partial charge in [-0.3, -0.25) is 19.7 Å². The zero-order valence-electron chi connectivity index (χ0n) is 20.3. The number of hydrogen-bond acceptors (Lipinski definition) is 6. The lowest BCUT2D eigenvalue weighted by atomic mass is 9.89. The second kappa shape index (κ2) is 12.0. The van der Waals surface area contributed by atoms with Crippen molar-refractivity contribution in [3.05, 3.63) is 23.8 Å². The molecule has 1 aromatic carbocycles. The molecule has 3 aliphatic rings. The van der Waals surface area contributed by atoms with Crippen molar-refractivity contribution in [1.29, 1.82) is 0 Å². The van der Waals surface area contributed by atoms with Crippen LogP contribution in [0, 0.1) is 5.92 Å². The van der Waals surface area contributed by atoms with E-state index >= 15 is 0 Å². The van der Waals surface area contributed by atoms with Crippen molar-refractivity contribution in [2.45, 2.75) is 70.8 Å². The molecule has 4 rings (SSSR count). The van der Waals surface area contributed by atoms with Crippen LogP contribution in [0.1, 0.15) is 69.8 Å². The van der Waals surface area contributed by atoms with E-state index in [1.54, 1.807) is 4.90 Å². The maximum atomic E-state index is 12.6. The van der Waals surface area contributed by atoms with Crippen LogP contribution >= 0.6 is 0 Å². The number of carbonyl (C=O) groups excluding carboxylic acids is 2. The molecule has 9 heteroatoms. The fraction of sp³-hybridized carbons (Fsp3) is 0.615. The third-order valence-electron chi connectivity index (χ3n) is 6.96. The van der Waals surface area contributed by atoms with Crippen LogP contribution in [-0.4, -0.2) is 64.9 Å². The largest absolute Gasteiger partial charge is 0.494 e. The number of carbonyl (C=O) groups is 3. The van der Waals surface area contributed by atoms with Crippen molar-refractivity contribution < 1.29 is 24.2 Å². The summed E-state index contributed by atoms with van der Waals surface area (Å²) in [5.74, 6) is 0.845.